The molecule has 4 heteroatoms. The van der Waals surface area contributed by atoms with Crippen LogP contribution in [0.1, 0.15) is 12.8 Å². The average Bonchev–Trinajstić information content (AvgIpc) is 1.96. The molecule has 11 heavy (non-hydrogen) atoms. The minimum Gasteiger partial charge on any atom is -0.453 e. The highest BCUT2D eigenvalue weighted by Crippen LogP contribution is 2.22. The molecule has 0 spiro atoms. The molecule has 0 radical (unpaired) electrons. The molecule has 0 atom stereocenters. The van der Waals surface area contributed by atoms with Crippen LogP contribution in [-0.4, -0.2) is 37.2 Å². The Hall–Kier alpha value is -0.770. The first kappa shape index (κ1) is 8.33. The summed E-state index contributed by atoms with van der Waals surface area (Å²) in [5, 5.41) is 0. The van der Waals surface area contributed by atoms with E-state index in [0.29, 0.717) is 0 Å². The van der Waals surface area contributed by atoms with Crippen molar-refractivity contribution in [2.75, 3.05) is 14.2 Å². The standard InChI is InChI=1S/C7H14N2O2/c1-9(7(10)11-2)6-3-5(8)4-6/h5-6H,3-4,8H2,1-2H3. The Kier molecular flexibility index (Phi) is 2.34. The van der Waals surface area contributed by atoms with Crippen LogP contribution in [0.25, 0.3) is 0 Å². The number of hydrogen-bond acceptors (Lipinski definition) is 3. The highest BCUT2D eigenvalue weighted by molar-refractivity contribution is 5.67. The number of nitrogens with zero attached hydrogens (tertiary/aromatic N) is 1. The maximum atomic E-state index is 10.9. The van der Waals surface area contributed by atoms with E-state index in [1.54, 1.807) is 11.9 Å². The van der Waals surface area contributed by atoms with Crippen molar-refractivity contribution in [2.24, 2.45) is 5.73 Å². The third-order valence-electron chi connectivity index (χ3n) is 2.16. The zero-order valence-electron chi connectivity index (χ0n) is 6.91. The first-order chi connectivity index (χ1) is 5.15. The van der Waals surface area contributed by atoms with Gasteiger partial charge in [0.25, 0.3) is 0 Å². The first-order valence-corrected chi connectivity index (χ1v) is 3.71. The van der Waals surface area contributed by atoms with E-state index in [2.05, 4.69) is 4.74 Å². The van der Waals surface area contributed by atoms with Gasteiger partial charge in [-0.2, -0.15) is 0 Å². The predicted octanol–water partition coefficient (Wildman–Crippen LogP) is 0.174. The molecule has 0 heterocycles. The van der Waals surface area contributed by atoms with Crippen molar-refractivity contribution in [3.05, 3.63) is 0 Å². The number of nitrogens with two attached hydrogens (primary N) is 1. The number of ether oxygens (including phenoxy) is 1. The van der Waals surface area contributed by atoms with Crippen LogP contribution in [0.5, 0.6) is 0 Å². The second kappa shape index (κ2) is 3.09. The summed E-state index contributed by atoms with van der Waals surface area (Å²) in [5.74, 6) is 0. The van der Waals surface area contributed by atoms with Gasteiger partial charge >= 0.3 is 6.09 Å². The fourth-order valence-electron chi connectivity index (χ4n) is 1.24. The lowest BCUT2D eigenvalue weighted by Gasteiger charge is -2.38. The molecule has 0 aromatic rings. The summed E-state index contributed by atoms with van der Waals surface area (Å²) in [6, 6.07) is 0.560. The van der Waals surface area contributed by atoms with Gasteiger partial charge in [0.1, 0.15) is 0 Å². The van der Waals surface area contributed by atoms with E-state index in [-0.39, 0.29) is 18.2 Å². The lowest BCUT2D eigenvalue weighted by Crippen LogP contribution is -2.51. The van der Waals surface area contributed by atoms with Crippen molar-refractivity contribution >= 4 is 6.09 Å². The van der Waals surface area contributed by atoms with Crippen LogP contribution in [-0.2, 0) is 4.74 Å². The van der Waals surface area contributed by atoms with Crippen molar-refractivity contribution in [3.63, 3.8) is 0 Å². The Labute approximate surface area is 66.3 Å². The van der Waals surface area contributed by atoms with Crippen molar-refractivity contribution < 1.29 is 9.53 Å². The van der Waals surface area contributed by atoms with Gasteiger partial charge in [-0.05, 0) is 12.8 Å². The zero-order valence-corrected chi connectivity index (χ0v) is 6.91. The van der Waals surface area contributed by atoms with Crippen LogP contribution in [0.15, 0.2) is 0 Å². The SMILES string of the molecule is COC(=O)N(C)C1CC(N)C1. The van der Waals surface area contributed by atoms with E-state index >= 15 is 0 Å². The Balaban J connectivity index is 2.31. The van der Waals surface area contributed by atoms with Crippen LogP contribution >= 0.6 is 0 Å². The Morgan fingerprint density at radius 1 is 1.64 bits per heavy atom. The van der Waals surface area contributed by atoms with Gasteiger partial charge in [-0.15, -0.1) is 0 Å². The second-order valence-electron chi connectivity index (χ2n) is 2.97. The smallest absolute Gasteiger partial charge is 0.409 e. The predicted molar refractivity (Wildman–Crippen MR) is 41.2 cm³/mol. The Morgan fingerprint density at radius 3 is 2.55 bits per heavy atom. The van der Waals surface area contributed by atoms with Gasteiger partial charge in [0, 0.05) is 19.1 Å². The molecule has 1 saturated carbocycles. The highest BCUT2D eigenvalue weighted by atomic mass is 16.5. The summed E-state index contributed by atoms with van der Waals surface area (Å²) in [6.07, 6.45) is 1.51. The number of methoxy groups -OCH3 is 1. The molecule has 1 rings (SSSR count). The molecule has 1 amide bonds. The van der Waals surface area contributed by atoms with Gasteiger partial charge in [-0.25, -0.2) is 4.79 Å². The second-order valence-corrected chi connectivity index (χ2v) is 2.97. The molecule has 1 aliphatic carbocycles. The van der Waals surface area contributed by atoms with Crippen LogP contribution in [0, 0.1) is 0 Å². The van der Waals surface area contributed by atoms with Gasteiger partial charge in [-0.3, -0.25) is 0 Å². The lowest BCUT2D eigenvalue weighted by atomic mass is 9.87. The van der Waals surface area contributed by atoms with E-state index in [1.807, 2.05) is 0 Å². The quantitative estimate of drug-likeness (QED) is 0.592. The monoisotopic (exact) mass is 158 g/mol. The number of rotatable bonds is 1. The zero-order chi connectivity index (χ0) is 8.43. The van der Waals surface area contributed by atoms with Gasteiger partial charge < -0.3 is 15.4 Å². The third-order valence-corrected chi connectivity index (χ3v) is 2.16. The molecule has 0 aromatic carbocycles. The number of amides is 1. The molecule has 0 bridgehead atoms. The van der Waals surface area contributed by atoms with E-state index in [9.17, 15) is 4.79 Å². The molecule has 4 nitrogen and oxygen atoms in total. The third kappa shape index (κ3) is 1.63. The molecule has 64 valence electrons. The summed E-state index contributed by atoms with van der Waals surface area (Å²) >= 11 is 0. The fourth-order valence-corrected chi connectivity index (χ4v) is 1.24. The maximum absolute atomic E-state index is 10.9. The maximum Gasteiger partial charge on any atom is 0.409 e. The Bertz CT molecular complexity index is 155. The van der Waals surface area contributed by atoms with Crippen molar-refractivity contribution in [1.29, 1.82) is 0 Å². The first-order valence-electron chi connectivity index (χ1n) is 3.71. The van der Waals surface area contributed by atoms with Gasteiger partial charge in [0.2, 0.25) is 0 Å². The van der Waals surface area contributed by atoms with Crippen LogP contribution < -0.4 is 5.73 Å². The molecule has 1 aliphatic rings. The highest BCUT2D eigenvalue weighted by Gasteiger charge is 2.31. The number of hydrogen-bond donors (Lipinski definition) is 1. The summed E-state index contributed by atoms with van der Waals surface area (Å²) in [4.78, 5) is 12.5. The van der Waals surface area contributed by atoms with Crippen molar-refractivity contribution in [1.82, 2.24) is 4.90 Å². The van der Waals surface area contributed by atoms with Gasteiger partial charge in [-0.1, -0.05) is 0 Å². The van der Waals surface area contributed by atoms with E-state index in [1.165, 1.54) is 7.11 Å². The molecule has 0 saturated heterocycles. The largest absolute Gasteiger partial charge is 0.453 e. The molecular weight excluding hydrogens is 144 g/mol. The molecule has 2 N–H and O–H groups in total. The molecular formula is C7H14N2O2. The van der Waals surface area contributed by atoms with Crippen LogP contribution in [0.2, 0.25) is 0 Å². The van der Waals surface area contributed by atoms with Gasteiger partial charge in [0.05, 0.1) is 7.11 Å². The molecule has 0 aliphatic heterocycles. The minimum atomic E-state index is -0.276. The number of carbonyl (C=O) groups excluding carboxylic acids is 1. The van der Waals surface area contributed by atoms with Crippen molar-refractivity contribution in [3.8, 4) is 0 Å². The fraction of sp³-hybridized carbons (Fsp3) is 0.857. The molecule has 1 fully saturated rings. The van der Waals surface area contributed by atoms with Crippen LogP contribution in [0.4, 0.5) is 4.79 Å². The topological polar surface area (TPSA) is 55.6 Å². The van der Waals surface area contributed by atoms with Crippen LogP contribution in [0.3, 0.4) is 0 Å². The summed E-state index contributed by atoms with van der Waals surface area (Å²) in [5.41, 5.74) is 5.57. The summed E-state index contributed by atoms with van der Waals surface area (Å²) in [7, 11) is 3.12. The van der Waals surface area contributed by atoms with Crippen molar-refractivity contribution in [2.45, 2.75) is 24.9 Å². The molecule has 0 aromatic heterocycles. The Morgan fingerprint density at radius 2 is 2.18 bits per heavy atom. The van der Waals surface area contributed by atoms with E-state index < -0.39 is 0 Å². The molecule has 0 unspecified atom stereocenters. The minimum absolute atomic E-state index is 0.270. The summed E-state index contributed by atoms with van der Waals surface area (Å²) < 4.78 is 4.55. The summed E-state index contributed by atoms with van der Waals surface area (Å²) in [6.45, 7) is 0. The lowest BCUT2D eigenvalue weighted by molar-refractivity contribution is 0.0902. The van der Waals surface area contributed by atoms with E-state index in [4.69, 9.17) is 5.73 Å². The average molecular weight is 158 g/mol. The normalized spacial score (nSPS) is 29.0. The van der Waals surface area contributed by atoms with Gasteiger partial charge in [0.15, 0.2) is 0 Å². The number of carbonyl (C=O) groups is 1. The van der Waals surface area contributed by atoms with E-state index in [0.717, 1.165) is 12.8 Å².